The highest BCUT2D eigenvalue weighted by atomic mass is 35.5. The third-order valence-electron chi connectivity index (χ3n) is 1.98. The quantitative estimate of drug-likeness (QED) is 0.392. The Hall–Kier alpha value is -2.27. The summed E-state index contributed by atoms with van der Waals surface area (Å²) in [6.07, 6.45) is -0.0953. The number of hydrazone groups is 1. The molecule has 0 saturated heterocycles. The van der Waals surface area contributed by atoms with Crippen molar-refractivity contribution < 1.29 is 27.1 Å². The van der Waals surface area contributed by atoms with Gasteiger partial charge in [-0.15, -0.1) is 6.42 Å². The molecular weight excluding hydrogens is 316 g/mol. The Morgan fingerprint density at radius 2 is 2.19 bits per heavy atom. The Kier molecular flexibility index (Phi) is 5.55. The highest BCUT2D eigenvalue weighted by Gasteiger charge is 2.36. The van der Waals surface area contributed by atoms with Crippen LogP contribution in [0.1, 0.15) is 0 Å². The van der Waals surface area contributed by atoms with Crippen LogP contribution < -0.4 is 10.2 Å². The van der Waals surface area contributed by atoms with E-state index >= 15 is 0 Å². The van der Waals surface area contributed by atoms with Gasteiger partial charge < -0.3 is 4.74 Å². The van der Waals surface area contributed by atoms with Crippen LogP contribution in [0.5, 0.6) is 5.75 Å². The van der Waals surface area contributed by atoms with Crippen molar-refractivity contribution in [3.63, 3.8) is 0 Å². The minimum atomic E-state index is -5.05. The van der Waals surface area contributed by atoms with E-state index in [0.717, 1.165) is 12.1 Å². The molecule has 0 fully saturated rings. The van der Waals surface area contributed by atoms with Gasteiger partial charge in [-0.3, -0.25) is 10.2 Å². The van der Waals surface area contributed by atoms with Crippen LogP contribution in [0.2, 0.25) is 5.02 Å². The Bertz CT molecular complexity index is 609. The van der Waals surface area contributed by atoms with Gasteiger partial charge in [-0.05, 0) is 6.07 Å². The van der Waals surface area contributed by atoms with Gasteiger partial charge in [0.05, 0.1) is 16.9 Å². The van der Waals surface area contributed by atoms with Crippen molar-refractivity contribution in [3.05, 3.63) is 23.0 Å². The molecule has 1 aromatic rings. The lowest BCUT2D eigenvalue weighted by Crippen LogP contribution is -2.24. The van der Waals surface area contributed by atoms with E-state index < -0.39 is 17.8 Å². The second kappa shape index (κ2) is 6.95. The number of alkyl halides is 3. The first-order chi connectivity index (χ1) is 9.75. The van der Waals surface area contributed by atoms with Gasteiger partial charge >= 0.3 is 6.18 Å². The van der Waals surface area contributed by atoms with Gasteiger partial charge in [-0.25, -0.2) is 4.39 Å². The fraction of sp³-hybridized carbons (Fsp3) is 0.167. The van der Waals surface area contributed by atoms with Gasteiger partial charge in [0.25, 0.3) is 5.78 Å². The zero-order valence-corrected chi connectivity index (χ0v) is 10.9. The maximum absolute atomic E-state index is 13.5. The molecule has 0 aliphatic rings. The molecule has 1 rings (SSSR count). The fourth-order valence-corrected chi connectivity index (χ4v) is 1.28. The maximum Gasteiger partial charge on any atom is 0.455 e. The Labute approximate surface area is 121 Å². The molecule has 0 aliphatic carbocycles. The Balaban J connectivity index is 2.86. The zero-order chi connectivity index (χ0) is 16.0. The Morgan fingerprint density at radius 3 is 2.76 bits per heavy atom. The number of hydrogen-bond donors (Lipinski definition) is 1. The average Bonchev–Trinajstić information content (AvgIpc) is 2.38. The van der Waals surface area contributed by atoms with Gasteiger partial charge in [0.15, 0.2) is 0 Å². The fourth-order valence-electron chi connectivity index (χ4n) is 1.08. The summed E-state index contributed by atoms with van der Waals surface area (Å²) in [5, 5.41) is 2.92. The van der Waals surface area contributed by atoms with Crippen LogP contribution in [0.4, 0.5) is 23.2 Å². The molecule has 0 heterocycles. The molecule has 1 N–H and O–H groups in total. The summed E-state index contributed by atoms with van der Waals surface area (Å²) in [6.45, 7) is -0.138. The summed E-state index contributed by atoms with van der Waals surface area (Å²) in [6, 6.07) is 1.90. The molecule has 21 heavy (non-hydrogen) atoms. The zero-order valence-electron chi connectivity index (χ0n) is 10.2. The number of terminal acetylenes is 1. The van der Waals surface area contributed by atoms with Crippen LogP contribution in [0.25, 0.3) is 0 Å². The summed E-state index contributed by atoms with van der Waals surface area (Å²) in [4.78, 5) is 10.5. The molecule has 0 atom stereocenters. The first-order valence-electron chi connectivity index (χ1n) is 5.21. The van der Waals surface area contributed by atoms with Crippen molar-refractivity contribution in [3.8, 4) is 18.1 Å². The highest BCUT2D eigenvalue weighted by molar-refractivity contribution is 6.32. The summed E-state index contributed by atoms with van der Waals surface area (Å²) in [5.41, 5.74) is 1.61. The maximum atomic E-state index is 13.5. The molecule has 112 valence electrons. The number of anilines is 1. The van der Waals surface area contributed by atoms with Crippen LogP contribution in [0, 0.1) is 18.2 Å². The second-order valence-electron chi connectivity index (χ2n) is 3.49. The molecular formula is C12H7ClF4N2O2. The van der Waals surface area contributed by atoms with Crippen LogP contribution >= 0.6 is 11.6 Å². The molecule has 0 aromatic heterocycles. The number of Topliss-reactive ketones (excluding diaryl/α,β-unsaturated/α-hetero) is 1. The van der Waals surface area contributed by atoms with Gasteiger partial charge in [-0.1, -0.05) is 17.5 Å². The molecule has 9 heteroatoms. The molecule has 4 nitrogen and oxygen atoms in total. The van der Waals surface area contributed by atoms with Gasteiger partial charge in [0.1, 0.15) is 18.2 Å². The van der Waals surface area contributed by atoms with Crippen molar-refractivity contribution in [1.82, 2.24) is 0 Å². The number of ether oxygens (including phenoxy) is 1. The molecule has 0 saturated carbocycles. The lowest BCUT2D eigenvalue weighted by atomic mass is 10.3. The van der Waals surface area contributed by atoms with Gasteiger partial charge in [0, 0.05) is 6.07 Å². The van der Waals surface area contributed by atoms with Crippen molar-refractivity contribution >= 4 is 29.3 Å². The van der Waals surface area contributed by atoms with Crippen LogP contribution in [-0.4, -0.2) is 24.8 Å². The normalized spacial score (nSPS) is 11.2. The molecule has 0 bridgehead atoms. The van der Waals surface area contributed by atoms with Crippen molar-refractivity contribution in [2.75, 3.05) is 12.0 Å². The van der Waals surface area contributed by atoms with Crippen LogP contribution in [0.3, 0.4) is 0 Å². The summed E-state index contributed by atoms with van der Waals surface area (Å²) >= 11 is 5.68. The molecule has 1 aromatic carbocycles. The predicted octanol–water partition coefficient (Wildman–Crippen LogP) is 3.02. The standard InChI is InChI=1S/C12H7ClF4N2O2/c1-2-3-21-10-5-9(8(14)4-7(10)13)19-18-6-11(20)12(15,16)17/h1,4-6,19H,3H2. The number of hydrogen-bond acceptors (Lipinski definition) is 4. The average molecular weight is 323 g/mol. The number of halogens is 5. The van der Waals surface area contributed by atoms with E-state index in [1.165, 1.54) is 0 Å². The van der Waals surface area contributed by atoms with E-state index in [1.807, 2.05) is 5.43 Å². The third-order valence-corrected chi connectivity index (χ3v) is 2.27. The largest absolute Gasteiger partial charge is 0.479 e. The number of benzene rings is 1. The van der Waals surface area contributed by atoms with Crippen molar-refractivity contribution in [1.29, 1.82) is 0 Å². The summed E-state index contributed by atoms with van der Waals surface area (Å²) in [7, 11) is 0. The number of carbonyl (C=O) groups is 1. The molecule has 0 amide bonds. The second-order valence-corrected chi connectivity index (χ2v) is 3.89. The van der Waals surface area contributed by atoms with Crippen LogP contribution in [-0.2, 0) is 4.79 Å². The first-order valence-corrected chi connectivity index (χ1v) is 5.59. The smallest absolute Gasteiger partial charge is 0.455 e. The van der Waals surface area contributed by atoms with Crippen molar-refractivity contribution in [2.45, 2.75) is 6.18 Å². The molecule has 0 radical (unpaired) electrons. The van der Waals surface area contributed by atoms with E-state index in [1.54, 1.807) is 0 Å². The highest BCUT2D eigenvalue weighted by Crippen LogP contribution is 2.30. The summed E-state index contributed by atoms with van der Waals surface area (Å²) in [5.74, 6) is -0.917. The number of rotatable bonds is 5. The number of ketones is 1. The third kappa shape index (κ3) is 4.96. The van der Waals surface area contributed by atoms with Crippen molar-refractivity contribution in [2.24, 2.45) is 5.10 Å². The molecule has 0 aliphatic heterocycles. The van der Waals surface area contributed by atoms with E-state index in [0.29, 0.717) is 0 Å². The SMILES string of the molecule is C#CCOc1cc(NN=CC(=O)C(F)(F)F)c(F)cc1Cl. The van der Waals surface area contributed by atoms with Gasteiger partial charge in [-0.2, -0.15) is 18.3 Å². The number of carbonyl (C=O) groups excluding carboxylic acids is 1. The Morgan fingerprint density at radius 1 is 1.52 bits per heavy atom. The predicted molar refractivity (Wildman–Crippen MR) is 68.9 cm³/mol. The molecule has 0 unspecified atom stereocenters. The number of nitrogens with one attached hydrogen (secondary N) is 1. The minimum absolute atomic E-state index is 0.0101. The first kappa shape index (κ1) is 16.8. The van der Waals surface area contributed by atoms with Gasteiger partial charge in [0.2, 0.25) is 0 Å². The van der Waals surface area contributed by atoms with E-state index in [-0.39, 0.29) is 29.3 Å². The molecule has 0 spiro atoms. The van der Waals surface area contributed by atoms with E-state index in [9.17, 15) is 22.4 Å². The van der Waals surface area contributed by atoms with E-state index in [2.05, 4.69) is 11.0 Å². The summed E-state index contributed by atoms with van der Waals surface area (Å²) < 4.78 is 54.2. The van der Waals surface area contributed by atoms with Crippen LogP contribution in [0.15, 0.2) is 17.2 Å². The number of nitrogens with zero attached hydrogens (tertiary/aromatic N) is 1. The lowest BCUT2D eigenvalue weighted by molar-refractivity contribution is -0.162. The minimum Gasteiger partial charge on any atom is -0.479 e. The topological polar surface area (TPSA) is 50.7 Å². The monoisotopic (exact) mass is 322 g/mol. The van der Waals surface area contributed by atoms with E-state index in [4.69, 9.17) is 22.8 Å². The lowest BCUT2D eigenvalue weighted by Gasteiger charge is -2.08.